The molecule has 0 unspecified atom stereocenters. The molecular weight excluding hydrogens is 316 g/mol. The number of ether oxygens (including phenoxy) is 1. The minimum Gasteiger partial charge on any atom is -0.475 e. The highest BCUT2D eigenvalue weighted by Crippen LogP contribution is 2.29. The highest BCUT2D eigenvalue weighted by molar-refractivity contribution is 7.99. The Kier molecular flexibility index (Phi) is 4.82. The minimum atomic E-state index is -1.20. The summed E-state index contributed by atoms with van der Waals surface area (Å²) in [6.07, 6.45) is 0.0394. The molecule has 0 spiro atoms. The number of aryl methyl sites for hydroxylation is 1. The number of rotatable bonds is 3. The smallest absolute Gasteiger partial charge is 0.173 e. The quantitative estimate of drug-likeness (QED) is 0.770. The zero-order chi connectivity index (χ0) is 16.4. The maximum absolute atomic E-state index is 9.94. The first-order valence-corrected chi connectivity index (χ1v) is 8.31. The summed E-state index contributed by atoms with van der Waals surface area (Å²) in [7, 11) is 0. The maximum atomic E-state index is 9.94. The summed E-state index contributed by atoms with van der Waals surface area (Å²) >= 11 is 1.26. The lowest BCUT2D eigenvalue weighted by Gasteiger charge is -2.34. The highest BCUT2D eigenvalue weighted by Gasteiger charge is 2.38. The first-order valence-electron chi connectivity index (χ1n) is 7.26. The summed E-state index contributed by atoms with van der Waals surface area (Å²) in [5, 5.41) is 29.1. The van der Waals surface area contributed by atoms with E-state index in [-0.39, 0.29) is 0 Å². The maximum Gasteiger partial charge on any atom is 0.173 e. The summed E-state index contributed by atoms with van der Waals surface area (Å²) in [5.74, 6) is 0.803. The normalized spacial score (nSPS) is 27.7. The lowest BCUT2D eigenvalue weighted by atomic mass is 10.1. The number of aliphatic hydroxyl groups is 3. The molecule has 0 aliphatic carbocycles. The Hall–Kier alpha value is -1.67. The van der Waals surface area contributed by atoms with Gasteiger partial charge < -0.3 is 20.1 Å². The van der Waals surface area contributed by atoms with Gasteiger partial charge in [-0.05, 0) is 31.2 Å². The lowest BCUT2D eigenvalue weighted by molar-refractivity contribution is -0.0786. The van der Waals surface area contributed by atoms with E-state index in [0.717, 1.165) is 17.0 Å². The van der Waals surface area contributed by atoms with Crippen LogP contribution in [-0.4, -0.2) is 54.8 Å². The molecular formula is C16H18N2O4S. The Morgan fingerprint density at radius 1 is 1.04 bits per heavy atom. The second-order valence-electron chi connectivity index (χ2n) is 5.44. The van der Waals surface area contributed by atoms with Gasteiger partial charge in [-0.25, -0.2) is 0 Å². The van der Waals surface area contributed by atoms with E-state index in [1.807, 2.05) is 25.1 Å². The summed E-state index contributed by atoms with van der Waals surface area (Å²) < 4.78 is 5.66. The van der Waals surface area contributed by atoms with Crippen LogP contribution in [0, 0.1) is 6.92 Å². The van der Waals surface area contributed by atoms with Gasteiger partial charge in [0.2, 0.25) is 0 Å². The number of hydrogen-bond acceptors (Lipinski definition) is 7. The number of pyridine rings is 2. The van der Waals surface area contributed by atoms with Crippen molar-refractivity contribution in [1.29, 1.82) is 0 Å². The van der Waals surface area contributed by atoms with Crippen molar-refractivity contribution >= 4 is 11.8 Å². The van der Waals surface area contributed by atoms with E-state index in [9.17, 15) is 15.3 Å². The first-order chi connectivity index (χ1) is 11.0. The molecule has 2 aromatic heterocycles. The summed E-state index contributed by atoms with van der Waals surface area (Å²) in [5.41, 5.74) is 1.99. The van der Waals surface area contributed by atoms with Crippen molar-refractivity contribution in [3.05, 3.63) is 42.4 Å². The van der Waals surface area contributed by atoms with Crippen molar-refractivity contribution in [2.45, 2.75) is 30.7 Å². The lowest BCUT2D eigenvalue weighted by Crippen LogP contribution is -2.50. The molecule has 122 valence electrons. The molecule has 0 radical (unpaired) electrons. The topological polar surface area (TPSA) is 95.7 Å². The number of nitrogens with zero attached hydrogens (tertiary/aromatic N) is 2. The fraction of sp³-hybridized carbons (Fsp3) is 0.375. The van der Waals surface area contributed by atoms with Gasteiger partial charge >= 0.3 is 0 Å². The van der Waals surface area contributed by atoms with Crippen LogP contribution < -0.4 is 4.74 Å². The molecule has 4 atom stereocenters. The molecule has 6 nitrogen and oxygen atoms in total. The van der Waals surface area contributed by atoms with Crippen LogP contribution in [0.5, 0.6) is 5.75 Å². The number of hydrogen-bond donors (Lipinski definition) is 3. The standard InChI is InChI=1S/C16H18N2O4S/c1-9-2-3-10(6-17-9)12-5-4-11(7-18-12)22-16-15(21)14(20)13(19)8-23-16/h2-7,13-16,19-21H,8H2,1H3/t13-,14+,15-,16+/m1/s1. The third-order valence-corrected chi connectivity index (χ3v) is 4.89. The predicted octanol–water partition coefficient (Wildman–Crippen LogP) is 0.986. The zero-order valence-corrected chi connectivity index (χ0v) is 13.3. The SMILES string of the molecule is Cc1ccc(-c2ccc(O[C@H]3SC[C@@H](O)[C@H](O)[C@H]3O)cn2)cn1. The molecule has 0 saturated carbocycles. The Morgan fingerprint density at radius 3 is 2.52 bits per heavy atom. The Balaban J connectivity index is 1.69. The van der Waals surface area contributed by atoms with Crippen LogP contribution in [0.4, 0.5) is 0 Å². The molecule has 3 N–H and O–H groups in total. The van der Waals surface area contributed by atoms with Crippen LogP contribution in [0.15, 0.2) is 36.7 Å². The van der Waals surface area contributed by atoms with Crippen molar-refractivity contribution in [3.63, 3.8) is 0 Å². The Morgan fingerprint density at radius 2 is 1.87 bits per heavy atom. The minimum absolute atomic E-state index is 0.309. The molecule has 7 heteroatoms. The molecule has 1 aliphatic rings. The van der Waals surface area contributed by atoms with Gasteiger partial charge in [-0.1, -0.05) is 0 Å². The largest absolute Gasteiger partial charge is 0.475 e. The van der Waals surface area contributed by atoms with Crippen molar-refractivity contribution in [1.82, 2.24) is 9.97 Å². The second kappa shape index (κ2) is 6.84. The van der Waals surface area contributed by atoms with Crippen LogP contribution in [0.3, 0.4) is 0 Å². The molecule has 23 heavy (non-hydrogen) atoms. The predicted molar refractivity (Wildman–Crippen MR) is 87.1 cm³/mol. The monoisotopic (exact) mass is 334 g/mol. The zero-order valence-electron chi connectivity index (χ0n) is 12.5. The summed E-state index contributed by atoms with van der Waals surface area (Å²) in [4.78, 5) is 8.57. The Bertz CT molecular complexity index is 650. The molecule has 1 aliphatic heterocycles. The van der Waals surface area contributed by atoms with Gasteiger partial charge in [0.25, 0.3) is 0 Å². The van der Waals surface area contributed by atoms with Gasteiger partial charge in [0.15, 0.2) is 5.44 Å². The van der Waals surface area contributed by atoms with Crippen LogP contribution >= 0.6 is 11.8 Å². The van der Waals surface area contributed by atoms with E-state index in [1.54, 1.807) is 18.5 Å². The third-order valence-electron chi connectivity index (χ3n) is 3.65. The van der Waals surface area contributed by atoms with Crippen molar-refractivity contribution in [3.8, 4) is 17.0 Å². The average molecular weight is 334 g/mol. The first kappa shape index (κ1) is 16.2. The molecule has 1 saturated heterocycles. The fourth-order valence-corrected chi connectivity index (χ4v) is 3.38. The Labute approximate surface area is 138 Å². The third kappa shape index (κ3) is 3.64. The molecule has 3 rings (SSSR count). The number of aliphatic hydroxyl groups excluding tert-OH is 3. The number of thioether (sulfide) groups is 1. The van der Waals surface area contributed by atoms with E-state index in [0.29, 0.717) is 11.5 Å². The molecule has 1 fully saturated rings. The van der Waals surface area contributed by atoms with E-state index < -0.39 is 23.7 Å². The van der Waals surface area contributed by atoms with E-state index in [1.165, 1.54) is 11.8 Å². The molecule has 3 heterocycles. The van der Waals surface area contributed by atoms with Crippen molar-refractivity contribution < 1.29 is 20.1 Å². The second-order valence-corrected chi connectivity index (χ2v) is 6.57. The van der Waals surface area contributed by atoms with Gasteiger partial charge in [-0.3, -0.25) is 9.97 Å². The molecule has 0 amide bonds. The fourth-order valence-electron chi connectivity index (χ4n) is 2.26. The summed E-state index contributed by atoms with van der Waals surface area (Å²) in [6, 6.07) is 7.44. The van der Waals surface area contributed by atoms with Crippen LogP contribution in [0.1, 0.15) is 5.69 Å². The van der Waals surface area contributed by atoms with E-state index >= 15 is 0 Å². The van der Waals surface area contributed by atoms with E-state index in [4.69, 9.17) is 4.74 Å². The van der Waals surface area contributed by atoms with Crippen LogP contribution in [0.2, 0.25) is 0 Å². The average Bonchev–Trinajstić information content (AvgIpc) is 2.57. The molecule has 2 aromatic rings. The van der Waals surface area contributed by atoms with Gasteiger partial charge in [-0.2, -0.15) is 0 Å². The molecule has 0 bridgehead atoms. The molecule has 0 aromatic carbocycles. The highest BCUT2D eigenvalue weighted by atomic mass is 32.2. The van der Waals surface area contributed by atoms with Gasteiger partial charge in [-0.15, -0.1) is 11.8 Å². The number of aromatic nitrogens is 2. The summed E-state index contributed by atoms with van der Waals surface area (Å²) in [6.45, 7) is 1.92. The van der Waals surface area contributed by atoms with Gasteiger partial charge in [0, 0.05) is 23.2 Å². The van der Waals surface area contributed by atoms with E-state index in [2.05, 4.69) is 9.97 Å². The van der Waals surface area contributed by atoms with Crippen molar-refractivity contribution in [2.24, 2.45) is 0 Å². The van der Waals surface area contributed by atoms with Gasteiger partial charge in [0.05, 0.1) is 18.0 Å². The van der Waals surface area contributed by atoms with Crippen LogP contribution in [0.25, 0.3) is 11.3 Å². The van der Waals surface area contributed by atoms with Crippen LogP contribution in [-0.2, 0) is 0 Å². The van der Waals surface area contributed by atoms with Gasteiger partial charge in [0.1, 0.15) is 18.0 Å². The van der Waals surface area contributed by atoms with Crippen molar-refractivity contribution in [2.75, 3.05) is 5.75 Å².